The Balaban J connectivity index is 0.00000529. The molecule has 0 unspecified atom stereocenters. The van der Waals surface area contributed by atoms with Gasteiger partial charge in [0.15, 0.2) is 5.78 Å². The first kappa shape index (κ1) is 22.9. The highest BCUT2D eigenvalue weighted by Gasteiger charge is 2.12. The first-order valence-electron chi connectivity index (χ1n) is 9.08. The topological polar surface area (TPSA) is 29.5 Å². The van der Waals surface area contributed by atoms with Crippen molar-refractivity contribution < 1.29 is 9.53 Å². The van der Waals surface area contributed by atoms with Crippen LogP contribution in [0.2, 0.25) is 0 Å². The van der Waals surface area contributed by atoms with E-state index in [2.05, 4.69) is 25.7 Å². The molecule has 138 valence electrons. The first-order valence-corrected chi connectivity index (χ1v) is 9.08. The third-order valence-corrected chi connectivity index (χ3v) is 4.29. The monoisotopic (exact) mass is 355 g/mol. The Morgan fingerprint density at radius 1 is 1.04 bits per heavy atom. The minimum absolute atomic E-state index is 0. The van der Waals surface area contributed by atoms with Crippen molar-refractivity contribution in [3.05, 3.63) is 29.3 Å². The fraction of sp³-hybridized carbons (Fsp3) is 0.650. The van der Waals surface area contributed by atoms with Crippen LogP contribution in [0.5, 0.6) is 5.75 Å². The Morgan fingerprint density at radius 3 is 2.17 bits per heavy atom. The van der Waals surface area contributed by atoms with Crippen molar-refractivity contribution in [2.45, 2.75) is 59.3 Å². The summed E-state index contributed by atoms with van der Waals surface area (Å²) < 4.78 is 5.34. The molecule has 0 radical (unpaired) electrons. The average Bonchev–Trinajstić information content (AvgIpc) is 2.60. The molecule has 0 bridgehead atoms. The Labute approximate surface area is 154 Å². The van der Waals surface area contributed by atoms with Crippen molar-refractivity contribution in [3.8, 4) is 5.75 Å². The van der Waals surface area contributed by atoms with E-state index < -0.39 is 0 Å². The lowest BCUT2D eigenvalue weighted by atomic mass is 10.0. The van der Waals surface area contributed by atoms with Crippen molar-refractivity contribution in [3.63, 3.8) is 0 Å². The van der Waals surface area contributed by atoms with E-state index >= 15 is 0 Å². The second-order valence-corrected chi connectivity index (χ2v) is 6.10. The molecule has 0 N–H and O–H groups in total. The van der Waals surface area contributed by atoms with Gasteiger partial charge in [0.1, 0.15) is 5.75 Å². The molecule has 0 heterocycles. The van der Waals surface area contributed by atoms with Crippen LogP contribution in [0.4, 0.5) is 0 Å². The number of Topliss-reactive ketones (excluding diaryl/α,β-unsaturated/α-hetero) is 1. The van der Waals surface area contributed by atoms with E-state index in [0.717, 1.165) is 42.9 Å². The molecule has 0 aliphatic carbocycles. The van der Waals surface area contributed by atoms with Crippen LogP contribution in [0.15, 0.2) is 18.2 Å². The van der Waals surface area contributed by atoms with Gasteiger partial charge in [-0.3, -0.25) is 4.79 Å². The molecule has 0 atom stereocenters. The van der Waals surface area contributed by atoms with Crippen LogP contribution in [-0.4, -0.2) is 37.4 Å². The van der Waals surface area contributed by atoms with Crippen molar-refractivity contribution in [1.82, 2.24) is 4.90 Å². The van der Waals surface area contributed by atoms with Gasteiger partial charge < -0.3 is 9.64 Å². The number of carbonyl (C=O) groups excluding carboxylic acids is 1. The zero-order valence-corrected chi connectivity index (χ0v) is 16.6. The molecule has 1 aromatic carbocycles. The van der Waals surface area contributed by atoms with E-state index in [9.17, 15) is 4.79 Å². The van der Waals surface area contributed by atoms with E-state index in [1.807, 2.05) is 18.2 Å². The van der Waals surface area contributed by atoms with Crippen LogP contribution in [0, 0.1) is 0 Å². The van der Waals surface area contributed by atoms with Crippen LogP contribution in [-0.2, 0) is 6.42 Å². The summed E-state index contributed by atoms with van der Waals surface area (Å²) in [4.78, 5) is 14.9. The second-order valence-electron chi connectivity index (χ2n) is 6.10. The summed E-state index contributed by atoms with van der Waals surface area (Å²) in [5.74, 6) is 1.11. The molecule has 0 aromatic heterocycles. The average molecular weight is 356 g/mol. The molecule has 0 aliphatic heterocycles. The number of rotatable bonds is 12. The zero-order valence-electron chi connectivity index (χ0n) is 15.8. The maximum atomic E-state index is 12.5. The summed E-state index contributed by atoms with van der Waals surface area (Å²) in [7, 11) is 1.68. The molecule has 1 aromatic rings. The summed E-state index contributed by atoms with van der Waals surface area (Å²) >= 11 is 0. The van der Waals surface area contributed by atoms with E-state index in [0.29, 0.717) is 6.42 Å². The summed E-state index contributed by atoms with van der Waals surface area (Å²) in [6.07, 6.45) is 6.30. The Bertz CT molecular complexity index is 469. The number of hydrogen-bond donors (Lipinski definition) is 0. The summed E-state index contributed by atoms with van der Waals surface area (Å²) in [6.45, 7) is 9.59. The van der Waals surface area contributed by atoms with Gasteiger partial charge >= 0.3 is 0 Å². The largest absolute Gasteiger partial charge is 0.496 e. The number of unbranched alkanes of at least 4 members (excludes halogenated alkanes) is 2. The highest BCUT2D eigenvalue weighted by atomic mass is 35.5. The lowest BCUT2D eigenvalue weighted by Crippen LogP contribution is -2.28. The highest BCUT2D eigenvalue weighted by Crippen LogP contribution is 2.21. The molecule has 0 fully saturated rings. The normalized spacial score (nSPS) is 10.5. The Kier molecular flexibility index (Phi) is 12.7. The Hall–Kier alpha value is -1.06. The standard InChI is InChI=1S/C20H33NO2.ClH/c1-5-8-13-21(14-9-6-2)15-12-19(22)18-10-11-20(23-4)17(7-3)16-18;/h10-11,16H,5-9,12-15H2,1-4H3;1H. The number of ketones is 1. The van der Waals surface area contributed by atoms with Crippen LogP contribution >= 0.6 is 12.4 Å². The molecular formula is C20H34ClNO2. The van der Waals surface area contributed by atoms with Gasteiger partial charge in [-0.2, -0.15) is 0 Å². The van der Waals surface area contributed by atoms with E-state index in [1.165, 1.54) is 25.7 Å². The highest BCUT2D eigenvalue weighted by molar-refractivity contribution is 5.96. The number of hydrogen-bond acceptors (Lipinski definition) is 3. The maximum Gasteiger partial charge on any atom is 0.164 e. The number of ether oxygens (including phenoxy) is 1. The second kappa shape index (κ2) is 13.3. The van der Waals surface area contributed by atoms with Gasteiger partial charge in [0.2, 0.25) is 0 Å². The summed E-state index contributed by atoms with van der Waals surface area (Å²) in [5.41, 5.74) is 1.92. The van der Waals surface area contributed by atoms with Crippen LogP contribution in [0.25, 0.3) is 0 Å². The zero-order chi connectivity index (χ0) is 17.1. The fourth-order valence-corrected chi connectivity index (χ4v) is 2.73. The van der Waals surface area contributed by atoms with Gasteiger partial charge in [0, 0.05) is 18.5 Å². The van der Waals surface area contributed by atoms with Crippen molar-refractivity contribution >= 4 is 18.2 Å². The SMILES string of the molecule is CCCCN(CCCC)CCC(=O)c1ccc(OC)c(CC)c1.Cl. The maximum absolute atomic E-state index is 12.5. The minimum Gasteiger partial charge on any atom is -0.496 e. The molecule has 0 saturated carbocycles. The molecule has 0 saturated heterocycles. The number of aryl methyl sites for hydroxylation is 1. The molecule has 3 nitrogen and oxygen atoms in total. The quantitative estimate of drug-likeness (QED) is 0.485. The van der Waals surface area contributed by atoms with Gasteiger partial charge in [0.25, 0.3) is 0 Å². The fourth-order valence-electron chi connectivity index (χ4n) is 2.73. The Morgan fingerprint density at radius 2 is 1.67 bits per heavy atom. The molecule has 0 spiro atoms. The molecule has 1 rings (SSSR count). The molecule has 0 aliphatic rings. The number of nitrogens with zero attached hydrogens (tertiary/aromatic N) is 1. The number of methoxy groups -OCH3 is 1. The van der Waals surface area contributed by atoms with Crippen LogP contribution in [0.1, 0.15) is 68.8 Å². The van der Waals surface area contributed by atoms with Crippen molar-refractivity contribution in [2.75, 3.05) is 26.7 Å². The third-order valence-electron chi connectivity index (χ3n) is 4.29. The van der Waals surface area contributed by atoms with Gasteiger partial charge in [0.05, 0.1) is 7.11 Å². The number of carbonyl (C=O) groups is 1. The predicted octanol–water partition coefficient (Wildman–Crippen LogP) is 5.15. The van der Waals surface area contributed by atoms with Gasteiger partial charge in [-0.25, -0.2) is 0 Å². The van der Waals surface area contributed by atoms with Crippen LogP contribution in [0.3, 0.4) is 0 Å². The third kappa shape index (κ3) is 7.67. The lowest BCUT2D eigenvalue weighted by molar-refractivity contribution is 0.0963. The van der Waals surface area contributed by atoms with Gasteiger partial charge in [-0.1, -0.05) is 33.6 Å². The minimum atomic E-state index is 0. The van der Waals surface area contributed by atoms with Crippen molar-refractivity contribution in [2.24, 2.45) is 0 Å². The van der Waals surface area contributed by atoms with Crippen LogP contribution < -0.4 is 4.74 Å². The first-order chi connectivity index (χ1) is 11.2. The lowest BCUT2D eigenvalue weighted by Gasteiger charge is -2.21. The molecular weight excluding hydrogens is 322 g/mol. The smallest absolute Gasteiger partial charge is 0.164 e. The summed E-state index contributed by atoms with van der Waals surface area (Å²) in [6, 6.07) is 5.80. The van der Waals surface area contributed by atoms with E-state index in [-0.39, 0.29) is 18.2 Å². The van der Waals surface area contributed by atoms with Gasteiger partial charge in [-0.15, -0.1) is 12.4 Å². The molecule has 4 heteroatoms. The summed E-state index contributed by atoms with van der Waals surface area (Å²) in [5, 5.41) is 0. The molecule has 0 amide bonds. The van der Waals surface area contributed by atoms with E-state index in [4.69, 9.17) is 4.74 Å². The predicted molar refractivity (Wildman–Crippen MR) is 105 cm³/mol. The van der Waals surface area contributed by atoms with Gasteiger partial charge in [-0.05, 0) is 56.1 Å². The van der Waals surface area contributed by atoms with Crippen molar-refractivity contribution in [1.29, 1.82) is 0 Å². The number of benzene rings is 1. The van der Waals surface area contributed by atoms with E-state index in [1.54, 1.807) is 7.11 Å². The molecule has 24 heavy (non-hydrogen) atoms. The number of halogens is 1.